The smallest absolute Gasteiger partial charge is 0.330 e. The van der Waals surface area contributed by atoms with Crippen LogP contribution >= 0.6 is 11.3 Å². The van der Waals surface area contributed by atoms with Crippen molar-refractivity contribution in [3.63, 3.8) is 0 Å². The molecule has 1 aromatic heterocycles. The van der Waals surface area contributed by atoms with E-state index in [2.05, 4.69) is 15.0 Å². The highest BCUT2D eigenvalue weighted by molar-refractivity contribution is 7.88. The summed E-state index contributed by atoms with van der Waals surface area (Å²) in [6.45, 7) is -0.0191. The Hall–Kier alpha value is -3.20. The third-order valence-electron chi connectivity index (χ3n) is 4.82. The van der Waals surface area contributed by atoms with Crippen LogP contribution in [0.1, 0.15) is 5.56 Å². The Morgan fingerprint density at radius 3 is 2.57 bits per heavy atom. The van der Waals surface area contributed by atoms with E-state index in [0.717, 1.165) is 16.8 Å². The summed E-state index contributed by atoms with van der Waals surface area (Å²) in [6, 6.07) is 5.29. The summed E-state index contributed by atoms with van der Waals surface area (Å²) in [5, 5.41) is 2.28. The quantitative estimate of drug-likeness (QED) is 0.346. The number of hydrogen-bond donors (Lipinski definition) is 3. The van der Waals surface area contributed by atoms with E-state index in [1.54, 1.807) is 28.4 Å². The number of fused-ring (bicyclic) bond motifs is 1. The first kappa shape index (κ1) is 26.4. The van der Waals surface area contributed by atoms with Crippen LogP contribution in [0.3, 0.4) is 0 Å². The number of thiazole rings is 1. The van der Waals surface area contributed by atoms with Gasteiger partial charge in [-0.25, -0.2) is 23.3 Å². The molecule has 3 aromatic rings. The molecule has 0 radical (unpaired) electrons. The Morgan fingerprint density at radius 1 is 1.17 bits per heavy atom. The van der Waals surface area contributed by atoms with Gasteiger partial charge in [-0.3, -0.25) is 4.79 Å². The third kappa shape index (κ3) is 7.39. The minimum atomic E-state index is -4.25. The second kappa shape index (κ2) is 11.5. The zero-order valence-corrected chi connectivity index (χ0v) is 20.4. The number of methoxy groups -OCH3 is 1. The van der Waals surface area contributed by atoms with E-state index < -0.39 is 39.8 Å². The van der Waals surface area contributed by atoms with E-state index >= 15 is 0 Å². The summed E-state index contributed by atoms with van der Waals surface area (Å²) >= 11 is 1.43. The number of rotatable bonds is 10. The van der Waals surface area contributed by atoms with Crippen LogP contribution in [0.4, 0.5) is 19.3 Å². The number of hydrogen-bond acceptors (Lipinski definition) is 7. The summed E-state index contributed by atoms with van der Waals surface area (Å²) in [5.74, 6) is -2.37. The molecule has 14 heteroatoms. The fraction of sp³-hybridized carbons (Fsp3) is 0.286. The van der Waals surface area contributed by atoms with E-state index in [1.807, 2.05) is 0 Å². The van der Waals surface area contributed by atoms with Gasteiger partial charge in [0.1, 0.15) is 17.7 Å². The standard InChI is InChI=1S/C21H23F2N5O5S2/c1-28(16-3-4-19-17(11-16)24-12-34-19)20(29)18(9-13-7-14(22)10-15(23)8-13)26-21(30)27-35(31,32)25-5-6-33-2/h3-4,7-8,10-12,18,25H,5-6,9H2,1-2H3,(H2,26,27,30)/t18-/m0/s1. The van der Waals surface area contributed by atoms with Gasteiger partial charge >= 0.3 is 16.2 Å². The van der Waals surface area contributed by atoms with Crippen molar-refractivity contribution < 1.29 is 31.5 Å². The Balaban J connectivity index is 1.82. The van der Waals surface area contributed by atoms with Crippen LogP contribution < -0.4 is 19.7 Å². The molecule has 0 saturated carbocycles. The van der Waals surface area contributed by atoms with Crippen LogP contribution in [-0.2, 0) is 26.2 Å². The molecule has 0 fully saturated rings. The predicted octanol–water partition coefficient (Wildman–Crippen LogP) is 1.93. The van der Waals surface area contributed by atoms with Crippen molar-refractivity contribution in [2.45, 2.75) is 12.5 Å². The fourth-order valence-electron chi connectivity index (χ4n) is 3.20. The number of urea groups is 1. The van der Waals surface area contributed by atoms with Crippen molar-refractivity contribution in [2.24, 2.45) is 0 Å². The molecular weight excluding hydrogens is 504 g/mol. The Morgan fingerprint density at radius 2 is 1.89 bits per heavy atom. The lowest BCUT2D eigenvalue weighted by Crippen LogP contribution is -2.54. The number of ether oxygens (including phenoxy) is 1. The molecule has 3 N–H and O–H groups in total. The van der Waals surface area contributed by atoms with E-state index in [1.165, 1.54) is 30.4 Å². The van der Waals surface area contributed by atoms with Crippen LogP contribution in [0.2, 0.25) is 0 Å². The zero-order valence-electron chi connectivity index (χ0n) is 18.7. The van der Waals surface area contributed by atoms with E-state index in [-0.39, 0.29) is 25.1 Å². The molecule has 188 valence electrons. The molecule has 10 nitrogen and oxygen atoms in total. The van der Waals surface area contributed by atoms with Gasteiger partial charge in [0.2, 0.25) is 5.91 Å². The van der Waals surface area contributed by atoms with E-state index in [0.29, 0.717) is 17.3 Å². The molecule has 3 amide bonds. The van der Waals surface area contributed by atoms with Crippen LogP contribution in [-0.4, -0.2) is 58.7 Å². The number of likely N-dealkylation sites (N-methyl/N-ethyl adjacent to an activating group) is 1. The number of nitrogens with zero attached hydrogens (tertiary/aromatic N) is 2. The maximum absolute atomic E-state index is 13.7. The Kier molecular flexibility index (Phi) is 8.67. The highest BCUT2D eigenvalue weighted by atomic mass is 32.2. The summed E-state index contributed by atoms with van der Waals surface area (Å²) in [6.07, 6.45) is -0.304. The molecule has 0 unspecified atom stereocenters. The van der Waals surface area contributed by atoms with Gasteiger partial charge in [-0.1, -0.05) is 0 Å². The molecule has 1 atom stereocenters. The van der Waals surface area contributed by atoms with Crippen molar-refractivity contribution in [1.29, 1.82) is 0 Å². The number of aromatic nitrogens is 1. The van der Waals surface area contributed by atoms with Crippen LogP contribution in [0.5, 0.6) is 0 Å². The highest BCUT2D eigenvalue weighted by Crippen LogP contribution is 2.24. The first-order chi connectivity index (χ1) is 16.6. The molecule has 3 rings (SSSR count). The first-order valence-corrected chi connectivity index (χ1v) is 12.6. The molecule has 0 aliphatic heterocycles. The molecule has 0 aliphatic rings. The lowest BCUT2D eigenvalue weighted by molar-refractivity contribution is -0.120. The van der Waals surface area contributed by atoms with Crippen molar-refractivity contribution in [1.82, 2.24) is 19.7 Å². The van der Waals surface area contributed by atoms with Gasteiger partial charge in [0.15, 0.2) is 0 Å². The molecule has 2 aromatic carbocycles. The van der Waals surface area contributed by atoms with Crippen molar-refractivity contribution >= 4 is 49.4 Å². The lowest BCUT2D eigenvalue weighted by Gasteiger charge is -2.25. The summed E-state index contributed by atoms with van der Waals surface area (Å²) in [7, 11) is -1.41. The Bertz CT molecular complexity index is 1300. The molecule has 35 heavy (non-hydrogen) atoms. The number of carbonyl (C=O) groups is 2. The molecule has 0 spiro atoms. The van der Waals surface area contributed by atoms with Gasteiger partial charge in [-0.05, 0) is 35.9 Å². The van der Waals surface area contributed by atoms with Gasteiger partial charge in [0.25, 0.3) is 0 Å². The monoisotopic (exact) mass is 527 g/mol. The largest absolute Gasteiger partial charge is 0.383 e. The van der Waals surface area contributed by atoms with Crippen LogP contribution in [0.15, 0.2) is 41.9 Å². The number of nitrogens with one attached hydrogen (secondary N) is 3. The van der Waals surface area contributed by atoms with Crippen molar-refractivity contribution in [3.8, 4) is 0 Å². The number of anilines is 1. The topological polar surface area (TPSA) is 130 Å². The van der Waals surface area contributed by atoms with Crippen molar-refractivity contribution in [3.05, 3.63) is 59.1 Å². The summed E-state index contributed by atoms with van der Waals surface area (Å²) in [4.78, 5) is 31.2. The molecule has 0 aliphatic carbocycles. The number of halogens is 2. The second-order valence-electron chi connectivity index (χ2n) is 7.40. The van der Waals surface area contributed by atoms with Crippen LogP contribution in [0, 0.1) is 11.6 Å². The zero-order chi connectivity index (χ0) is 25.6. The predicted molar refractivity (Wildman–Crippen MR) is 127 cm³/mol. The lowest BCUT2D eigenvalue weighted by atomic mass is 10.0. The fourth-order valence-corrected chi connectivity index (χ4v) is 4.59. The molecule has 0 bridgehead atoms. The number of benzene rings is 2. The average Bonchev–Trinajstić information content (AvgIpc) is 3.24. The number of carbonyl (C=O) groups excluding carboxylic acids is 2. The normalized spacial score (nSPS) is 12.3. The molecule has 0 saturated heterocycles. The molecular formula is C21H23F2N5O5S2. The summed E-state index contributed by atoms with van der Waals surface area (Å²) in [5.41, 5.74) is 2.87. The van der Waals surface area contributed by atoms with E-state index in [9.17, 15) is 26.8 Å². The van der Waals surface area contributed by atoms with Gasteiger partial charge in [0, 0.05) is 38.9 Å². The first-order valence-electron chi connectivity index (χ1n) is 10.2. The van der Waals surface area contributed by atoms with Crippen molar-refractivity contribution in [2.75, 3.05) is 32.2 Å². The highest BCUT2D eigenvalue weighted by Gasteiger charge is 2.27. The minimum absolute atomic E-state index is 0.0723. The third-order valence-corrected chi connectivity index (χ3v) is 6.67. The number of amides is 3. The second-order valence-corrected chi connectivity index (χ2v) is 9.79. The van der Waals surface area contributed by atoms with Gasteiger partial charge in [0.05, 0.1) is 22.3 Å². The summed E-state index contributed by atoms with van der Waals surface area (Å²) < 4.78 is 61.0. The Labute approximate surface area is 204 Å². The maximum Gasteiger partial charge on any atom is 0.330 e. The molecule has 1 heterocycles. The van der Waals surface area contributed by atoms with Crippen LogP contribution in [0.25, 0.3) is 10.2 Å². The van der Waals surface area contributed by atoms with E-state index in [4.69, 9.17) is 4.74 Å². The minimum Gasteiger partial charge on any atom is -0.383 e. The maximum atomic E-state index is 13.7. The van der Waals surface area contributed by atoms with Gasteiger partial charge in [-0.15, -0.1) is 11.3 Å². The van der Waals surface area contributed by atoms with Gasteiger partial charge < -0.3 is 15.0 Å². The SMILES string of the molecule is COCCNS(=O)(=O)NC(=O)N[C@@H](Cc1cc(F)cc(F)c1)C(=O)N(C)c1ccc2scnc2c1. The average molecular weight is 528 g/mol. The van der Waals surface area contributed by atoms with Gasteiger partial charge in [-0.2, -0.15) is 13.1 Å².